The van der Waals surface area contributed by atoms with Crippen LogP contribution in [0.2, 0.25) is 0 Å². The molecule has 2 heterocycles. The third-order valence-electron chi connectivity index (χ3n) is 6.76. The average molecular weight is 602 g/mol. The van der Waals surface area contributed by atoms with Gasteiger partial charge >= 0.3 is 0 Å². The largest absolute Gasteiger partial charge is 0.378 e. The van der Waals surface area contributed by atoms with E-state index in [0.717, 1.165) is 11.1 Å². The van der Waals surface area contributed by atoms with Crippen LogP contribution in [-0.4, -0.2) is 52.6 Å². The first-order chi connectivity index (χ1) is 19.3. The van der Waals surface area contributed by atoms with Crippen molar-refractivity contribution in [2.24, 2.45) is 7.05 Å². The zero-order chi connectivity index (χ0) is 28.2. The summed E-state index contributed by atoms with van der Waals surface area (Å²) in [5, 5.41) is 3.10. The van der Waals surface area contributed by atoms with Crippen LogP contribution in [0.1, 0.15) is 26.3 Å². The topological polar surface area (TPSA) is 96.8 Å². The average Bonchev–Trinajstić information content (AvgIpc) is 2.99. The van der Waals surface area contributed by atoms with Gasteiger partial charge in [0.1, 0.15) is 0 Å². The molecule has 1 aliphatic heterocycles. The number of aryl methyl sites for hydroxylation is 1. The number of hydrogen-bond donors (Lipinski definition) is 1. The molecule has 1 N–H and O–H groups in total. The summed E-state index contributed by atoms with van der Waals surface area (Å²) in [5.74, 6) is -0.104. The maximum Gasteiger partial charge on any atom is 0.293 e. The van der Waals surface area contributed by atoms with E-state index in [1.54, 1.807) is 54.5 Å². The fourth-order valence-electron chi connectivity index (χ4n) is 4.52. The minimum atomic E-state index is -0.299. The van der Waals surface area contributed by atoms with E-state index in [4.69, 9.17) is 4.74 Å². The molecule has 9 nitrogen and oxygen atoms in total. The fourth-order valence-corrected chi connectivity index (χ4v) is 5.11. The second-order valence-corrected chi connectivity index (χ2v) is 10.1. The Hall–Kier alpha value is -4.28. The minimum Gasteiger partial charge on any atom is -0.378 e. The van der Waals surface area contributed by atoms with E-state index in [2.05, 4.69) is 26.4 Å². The summed E-state index contributed by atoms with van der Waals surface area (Å²) in [5.41, 5.74) is 4.26. The van der Waals surface area contributed by atoms with E-state index in [1.165, 1.54) is 8.49 Å². The van der Waals surface area contributed by atoms with E-state index in [-0.39, 0.29) is 23.2 Å². The van der Waals surface area contributed by atoms with Gasteiger partial charge in [-0.2, -0.15) is 0 Å². The first kappa shape index (κ1) is 27.3. The van der Waals surface area contributed by atoms with Gasteiger partial charge in [0.25, 0.3) is 17.4 Å². The first-order valence-electron chi connectivity index (χ1n) is 12.8. The number of morpholine rings is 1. The number of nitrogens with zero attached hydrogens (tertiary/aromatic N) is 4. The SMILES string of the molecule is Cc1c(-c2cn(C)c(=O)c(Nc3ccc(C(=O)N4CCOCC4)cc3)n2)cccc1N(Br)C(=O)c1ccccc1. The molecule has 0 atom stereocenters. The molecule has 0 bridgehead atoms. The number of anilines is 3. The molecule has 40 heavy (non-hydrogen) atoms. The van der Waals surface area contributed by atoms with Crippen LogP contribution in [0.4, 0.5) is 17.2 Å². The van der Waals surface area contributed by atoms with Crippen LogP contribution in [0.25, 0.3) is 11.3 Å². The predicted octanol–water partition coefficient (Wildman–Crippen LogP) is 4.93. The summed E-state index contributed by atoms with van der Waals surface area (Å²) in [6, 6.07) is 21.6. The van der Waals surface area contributed by atoms with Gasteiger partial charge in [-0.3, -0.25) is 14.4 Å². The number of benzene rings is 3. The Balaban J connectivity index is 1.40. The molecule has 1 fully saturated rings. The Labute approximate surface area is 240 Å². The molecule has 2 amide bonds. The Morgan fingerprint density at radius 1 is 0.950 bits per heavy atom. The highest BCUT2D eigenvalue weighted by Gasteiger charge is 2.21. The molecule has 1 aromatic heterocycles. The van der Waals surface area contributed by atoms with Gasteiger partial charge in [0.05, 0.1) is 40.7 Å². The zero-order valence-corrected chi connectivity index (χ0v) is 23.7. The van der Waals surface area contributed by atoms with Crippen LogP contribution in [0.3, 0.4) is 0 Å². The van der Waals surface area contributed by atoms with Crippen molar-refractivity contribution in [3.8, 4) is 11.3 Å². The Kier molecular flexibility index (Phi) is 8.09. The smallest absolute Gasteiger partial charge is 0.293 e. The lowest BCUT2D eigenvalue weighted by atomic mass is 10.0. The number of rotatable bonds is 6. The number of nitrogens with one attached hydrogen (secondary N) is 1. The highest BCUT2D eigenvalue weighted by atomic mass is 79.9. The first-order valence-corrected chi connectivity index (χ1v) is 13.5. The van der Waals surface area contributed by atoms with Gasteiger partial charge in [0, 0.05) is 48.7 Å². The molecule has 1 aliphatic rings. The Morgan fingerprint density at radius 2 is 1.65 bits per heavy atom. The van der Waals surface area contributed by atoms with Gasteiger partial charge in [0.2, 0.25) is 0 Å². The molecule has 4 aromatic rings. The second-order valence-electron chi connectivity index (χ2n) is 9.40. The zero-order valence-electron chi connectivity index (χ0n) is 22.1. The van der Waals surface area contributed by atoms with Crippen molar-refractivity contribution in [1.82, 2.24) is 14.5 Å². The van der Waals surface area contributed by atoms with Crippen LogP contribution < -0.4 is 14.8 Å². The minimum absolute atomic E-state index is 0.0483. The molecule has 0 unspecified atom stereocenters. The van der Waals surface area contributed by atoms with Crippen LogP contribution >= 0.6 is 16.1 Å². The van der Waals surface area contributed by atoms with Crippen molar-refractivity contribution in [2.45, 2.75) is 6.92 Å². The summed E-state index contributed by atoms with van der Waals surface area (Å²) in [6.45, 7) is 4.12. The van der Waals surface area contributed by atoms with E-state index in [0.29, 0.717) is 54.5 Å². The van der Waals surface area contributed by atoms with Gasteiger partial charge in [-0.25, -0.2) is 8.91 Å². The monoisotopic (exact) mass is 601 g/mol. The van der Waals surface area contributed by atoms with E-state index < -0.39 is 0 Å². The van der Waals surface area contributed by atoms with E-state index in [9.17, 15) is 14.4 Å². The van der Waals surface area contributed by atoms with E-state index in [1.807, 2.05) is 43.3 Å². The number of aromatic nitrogens is 2. The van der Waals surface area contributed by atoms with Gasteiger partial charge in [-0.05, 0) is 55.0 Å². The number of ether oxygens (including phenoxy) is 1. The second kappa shape index (κ2) is 11.8. The lowest BCUT2D eigenvalue weighted by Crippen LogP contribution is -2.40. The van der Waals surface area contributed by atoms with Crippen molar-refractivity contribution in [3.05, 3.63) is 106 Å². The quantitative estimate of drug-likeness (QED) is 0.315. The number of hydrogen-bond acceptors (Lipinski definition) is 6. The molecule has 5 rings (SSSR count). The molecule has 3 aromatic carbocycles. The molecular formula is C30H28BrN5O4. The van der Waals surface area contributed by atoms with Crippen LogP contribution in [0.15, 0.2) is 83.8 Å². The summed E-state index contributed by atoms with van der Waals surface area (Å²) >= 11 is 3.43. The third-order valence-corrected chi connectivity index (χ3v) is 7.46. The van der Waals surface area contributed by atoms with Crippen molar-refractivity contribution >= 4 is 45.2 Å². The normalized spacial score (nSPS) is 13.1. The molecule has 1 saturated heterocycles. The highest BCUT2D eigenvalue weighted by molar-refractivity contribution is 9.10. The molecule has 0 aliphatic carbocycles. The summed E-state index contributed by atoms with van der Waals surface area (Å²) in [6.07, 6.45) is 1.67. The van der Waals surface area contributed by atoms with E-state index >= 15 is 0 Å². The van der Waals surface area contributed by atoms with Crippen LogP contribution in [0, 0.1) is 6.92 Å². The molecule has 0 spiro atoms. The van der Waals surface area contributed by atoms with Crippen molar-refractivity contribution in [3.63, 3.8) is 0 Å². The lowest BCUT2D eigenvalue weighted by molar-refractivity contribution is 0.0303. The van der Waals surface area contributed by atoms with Crippen molar-refractivity contribution in [1.29, 1.82) is 0 Å². The Bertz CT molecular complexity index is 1600. The number of carbonyl (C=O) groups excluding carboxylic acids is 2. The van der Waals surface area contributed by atoms with Gasteiger partial charge in [-0.15, -0.1) is 0 Å². The van der Waals surface area contributed by atoms with Gasteiger partial charge < -0.3 is 19.5 Å². The summed E-state index contributed by atoms with van der Waals surface area (Å²) in [4.78, 5) is 45.2. The number of amides is 2. The number of carbonyl (C=O) groups is 2. The van der Waals surface area contributed by atoms with Crippen molar-refractivity contribution < 1.29 is 14.3 Å². The van der Waals surface area contributed by atoms with Gasteiger partial charge in [-0.1, -0.05) is 30.3 Å². The molecule has 0 saturated carbocycles. The summed E-state index contributed by atoms with van der Waals surface area (Å²) in [7, 11) is 1.66. The van der Waals surface area contributed by atoms with Crippen LogP contribution in [0.5, 0.6) is 0 Å². The molecular weight excluding hydrogens is 574 g/mol. The maximum atomic E-state index is 13.0. The fraction of sp³-hybridized carbons (Fsp3) is 0.200. The van der Waals surface area contributed by atoms with Crippen molar-refractivity contribution in [2.75, 3.05) is 35.5 Å². The number of halogens is 1. The van der Waals surface area contributed by atoms with Gasteiger partial charge in [0.15, 0.2) is 5.82 Å². The summed E-state index contributed by atoms with van der Waals surface area (Å²) < 4.78 is 8.22. The maximum absolute atomic E-state index is 13.0. The highest BCUT2D eigenvalue weighted by Crippen LogP contribution is 2.32. The predicted molar refractivity (Wildman–Crippen MR) is 158 cm³/mol. The lowest BCUT2D eigenvalue weighted by Gasteiger charge is -2.26. The molecule has 0 radical (unpaired) electrons. The third kappa shape index (κ3) is 5.68. The standard InChI is InChI=1S/C30H28BrN5O4/c1-20-24(9-6-10-26(20)36(31)29(38)21-7-4-3-5-8-21)25-19-34(2)30(39)27(33-25)32-23-13-11-22(12-14-23)28(37)35-15-17-40-18-16-35/h3-14,19H,15-18H2,1-2H3,(H,32,33). The van der Waals surface area contributed by atoms with Crippen LogP contribution in [-0.2, 0) is 11.8 Å². The molecule has 204 valence electrons. The Morgan fingerprint density at radius 3 is 2.35 bits per heavy atom. The molecule has 10 heteroatoms.